The molecule has 1 aromatic rings. The largest absolute Gasteiger partial charge is 0.508 e. The molecule has 0 saturated carbocycles. The van der Waals surface area contributed by atoms with E-state index in [1.165, 1.54) is 31.4 Å². The molecule has 1 aromatic carbocycles. The Labute approximate surface area is 99.3 Å². The summed E-state index contributed by atoms with van der Waals surface area (Å²) in [6, 6.07) is 5.56. The third-order valence-electron chi connectivity index (χ3n) is 1.94. The number of rotatable bonds is 5. The van der Waals surface area contributed by atoms with Gasteiger partial charge in [-0.3, -0.25) is 9.52 Å². The molecule has 0 saturated heterocycles. The highest BCUT2D eigenvalue weighted by Crippen LogP contribution is 2.15. The maximum Gasteiger partial charge on any atom is 0.306 e. The van der Waals surface area contributed by atoms with Crippen LogP contribution in [0.15, 0.2) is 24.3 Å². The Morgan fingerprint density at radius 2 is 1.94 bits per heavy atom. The second-order valence-electron chi connectivity index (χ2n) is 3.29. The number of phenolic OH excluding ortho intramolecular Hbond substituents is 1. The monoisotopic (exact) mass is 259 g/mol. The highest BCUT2D eigenvalue weighted by molar-refractivity contribution is 7.92. The van der Waals surface area contributed by atoms with Crippen molar-refractivity contribution in [2.75, 3.05) is 17.6 Å². The molecule has 6 nitrogen and oxygen atoms in total. The first-order valence-electron chi connectivity index (χ1n) is 4.79. The third-order valence-corrected chi connectivity index (χ3v) is 3.23. The number of nitrogens with one attached hydrogen (secondary N) is 1. The molecule has 0 spiro atoms. The molecule has 94 valence electrons. The van der Waals surface area contributed by atoms with E-state index in [0.717, 1.165) is 0 Å². The van der Waals surface area contributed by atoms with E-state index in [-0.39, 0.29) is 17.9 Å². The van der Waals surface area contributed by atoms with Crippen LogP contribution in [0.5, 0.6) is 5.75 Å². The zero-order chi connectivity index (χ0) is 12.9. The third kappa shape index (κ3) is 4.73. The van der Waals surface area contributed by atoms with Gasteiger partial charge in [0.05, 0.1) is 19.3 Å². The summed E-state index contributed by atoms with van der Waals surface area (Å²) < 4.78 is 29.7. The highest BCUT2D eigenvalue weighted by atomic mass is 32.2. The first-order chi connectivity index (χ1) is 7.93. The topological polar surface area (TPSA) is 92.7 Å². The van der Waals surface area contributed by atoms with Gasteiger partial charge in [-0.25, -0.2) is 8.42 Å². The van der Waals surface area contributed by atoms with Gasteiger partial charge in [-0.05, 0) is 24.3 Å². The number of carbonyl (C=O) groups is 1. The van der Waals surface area contributed by atoms with E-state index in [2.05, 4.69) is 9.46 Å². The van der Waals surface area contributed by atoms with Gasteiger partial charge in [0.25, 0.3) is 0 Å². The van der Waals surface area contributed by atoms with Crippen LogP contribution < -0.4 is 4.72 Å². The Bertz CT molecular complexity index is 480. The van der Waals surface area contributed by atoms with Gasteiger partial charge in [0.15, 0.2) is 0 Å². The molecule has 0 heterocycles. The van der Waals surface area contributed by atoms with Crippen LogP contribution in [0.1, 0.15) is 6.42 Å². The Morgan fingerprint density at radius 3 is 2.47 bits per heavy atom. The number of carbonyl (C=O) groups excluding carboxylic acids is 1. The molecular weight excluding hydrogens is 246 g/mol. The molecule has 0 aliphatic carbocycles. The number of phenols is 1. The van der Waals surface area contributed by atoms with Gasteiger partial charge in [-0.1, -0.05) is 0 Å². The molecule has 0 aromatic heterocycles. The van der Waals surface area contributed by atoms with Crippen LogP contribution in [0.2, 0.25) is 0 Å². The minimum Gasteiger partial charge on any atom is -0.508 e. The van der Waals surface area contributed by atoms with Crippen molar-refractivity contribution in [1.29, 1.82) is 0 Å². The molecule has 2 N–H and O–H groups in total. The smallest absolute Gasteiger partial charge is 0.306 e. The average molecular weight is 259 g/mol. The van der Waals surface area contributed by atoms with Crippen LogP contribution in [0, 0.1) is 0 Å². The van der Waals surface area contributed by atoms with Crippen LogP contribution in [-0.2, 0) is 19.6 Å². The van der Waals surface area contributed by atoms with E-state index in [9.17, 15) is 13.2 Å². The van der Waals surface area contributed by atoms with Gasteiger partial charge in [0.1, 0.15) is 5.75 Å². The van der Waals surface area contributed by atoms with Gasteiger partial charge < -0.3 is 9.84 Å². The lowest BCUT2D eigenvalue weighted by Crippen LogP contribution is -2.19. The van der Waals surface area contributed by atoms with Crippen molar-refractivity contribution in [3.8, 4) is 5.75 Å². The Hall–Kier alpha value is -1.76. The van der Waals surface area contributed by atoms with E-state index in [1.54, 1.807) is 0 Å². The lowest BCUT2D eigenvalue weighted by molar-refractivity contribution is -0.140. The van der Waals surface area contributed by atoms with E-state index in [0.29, 0.717) is 5.69 Å². The summed E-state index contributed by atoms with van der Waals surface area (Å²) >= 11 is 0. The van der Waals surface area contributed by atoms with Crippen LogP contribution in [0.25, 0.3) is 0 Å². The van der Waals surface area contributed by atoms with Crippen molar-refractivity contribution < 1.29 is 23.1 Å². The maximum absolute atomic E-state index is 11.5. The van der Waals surface area contributed by atoms with Crippen molar-refractivity contribution in [3.05, 3.63) is 24.3 Å². The lowest BCUT2D eigenvalue weighted by atomic mass is 10.3. The minimum atomic E-state index is -3.59. The quantitative estimate of drug-likeness (QED) is 0.599. The summed E-state index contributed by atoms with van der Waals surface area (Å²) in [4.78, 5) is 10.8. The number of esters is 1. The van der Waals surface area contributed by atoms with Gasteiger partial charge in [0.2, 0.25) is 10.0 Å². The second-order valence-corrected chi connectivity index (χ2v) is 5.14. The summed E-state index contributed by atoms with van der Waals surface area (Å²) in [5.74, 6) is -0.885. The summed E-state index contributed by atoms with van der Waals surface area (Å²) in [6.45, 7) is 0. The molecular formula is C10H13NO5S. The fourth-order valence-corrected chi connectivity index (χ4v) is 2.11. The van der Waals surface area contributed by atoms with Gasteiger partial charge in [0, 0.05) is 5.69 Å². The zero-order valence-electron chi connectivity index (χ0n) is 9.21. The average Bonchev–Trinajstić information content (AvgIpc) is 2.29. The number of hydrogen-bond acceptors (Lipinski definition) is 5. The first kappa shape index (κ1) is 13.3. The van der Waals surface area contributed by atoms with Crippen molar-refractivity contribution in [1.82, 2.24) is 0 Å². The predicted molar refractivity (Wildman–Crippen MR) is 62.1 cm³/mol. The molecule has 0 atom stereocenters. The number of benzene rings is 1. The van der Waals surface area contributed by atoms with E-state index >= 15 is 0 Å². The second kappa shape index (κ2) is 5.53. The highest BCUT2D eigenvalue weighted by Gasteiger charge is 2.13. The zero-order valence-corrected chi connectivity index (χ0v) is 10.0. The van der Waals surface area contributed by atoms with E-state index in [4.69, 9.17) is 5.11 Å². The van der Waals surface area contributed by atoms with Crippen molar-refractivity contribution in [2.45, 2.75) is 6.42 Å². The Kier molecular flexibility index (Phi) is 4.33. The lowest BCUT2D eigenvalue weighted by Gasteiger charge is -2.07. The Morgan fingerprint density at radius 1 is 1.35 bits per heavy atom. The Balaban J connectivity index is 2.60. The maximum atomic E-state index is 11.5. The van der Waals surface area contributed by atoms with Gasteiger partial charge >= 0.3 is 5.97 Å². The van der Waals surface area contributed by atoms with Crippen molar-refractivity contribution in [2.24, 2.45) is 0 Å². The molecule has 0 fully saturated rings. The number of hydrogen-bond donors (Lipinski definition) is 2. The van der Waals surface area contributed by atoms with Crippen LogP contribution >= 0.6 is 0 Å². The fraction of sp³-hybridized carbons (Fsp3) is 0.300. The van der Waals surface area contributed by atoms with Crippen molar-refractivity contribution >= 4 is 21.7 Å². The number of ether oxygens (including phenoxy) is 1. The predicted octanol–water partition coefficient (Wildman–Crippen LogP) is 0.697. The molecule has 0 unspecified atom stereocenters. The molecule has 1 rings (SSSR count). The number of anilines is 1. The van der Waals surface area contributed by atoms with Gasteiger partial charge in [-0.15, -0.1) is 0 Å². The molecule has 0 amide bonds. The van der Waals surface area contributed by atoms with Crippen LogP contribution in [-0.4, -0.2) is 32.4 Å². The summed E-state index contributed by atoms with van der Waals surface area (Å²) in [5.41, 5.74) is 0.327. The molecule has 17 heavy (non-hydrogen) atoms. The normalized spacial score (nSPS) is 10.9. The summed E-state index contributed by atoms with van der Waals surface area (Å²) in [5, 5.41) is 9.02. The van der Waals surface area contributed by atoms with E-state index in [1.807, 2.05) is 0 Å². The first-order valence-corrected chi connectivity index (χ1v) is 6.44. The molecule has 0 bridgehead atoms. The number of sulfonamides is 1. The van der Waals surface area contributed by atoms with Crippen molar-refractivity contribution in [3.63, 3.8) is 0 Å². The SMILES string of the molecule is COC(=O)CCS(=O)(=O)Nc1ccc(O)cc1. The molecule has 0 radical (unpaired) electrons. The minimum absolute atomic E-state index is 0.0440. The van der Waals surface area contributed by atoms with Crippen LogP contribution in [0.3, 0.4) is 0 Å². The molecule has 0 aliphatic heterocycles. The summed E-state index contributed by atoms with van der Waals surface area (Å²) in [7, 11) is -2.39. The molecule has 0 aliphatic rings. The molecule has 7 heteroatoms. The fourth-order valence-electron chi connectivity index (χ4n) is 1.08. The standard InChI is InChI=1S/C10H13NO5S/c1-16-10(13)6-7-17(14,15)11-8-2-4-9(12)5-3-8/h2-5,11-12H,6-7H2,1H3. The number of methoxy groups -OCH3 is 1. The van der Waals surface area contributed by atoms with Gasteiger partial charge in [-0.2, -0.15) is 0 Å². The number of aromatic hydroxyl groups is 1. The van der Waals surface area contributed by atoms with E-state index < -0.39 is 16.0 Å². The summed E-state index contributed by atoms with van der Waals surface area (Å²) in [6.07, 6.45) is -0.204. The van der Waals surface area contributed by atoms with Crippen LogP contribution in [0.4, 0.5) is 5.69 Å².